The van der Waals surface area contributed by atoms with Gasteiger partial charge in [-0.15, -0.1) is 0 Å². The van der Waals surface area contributed by atoms with Gasteiger partial charge < -0.3 is 5.73 Å². The SMILES string of the molecule is NC(=O)CC#Cc1cccc(N=C=S)c1. The van der Waals surface area contributed by atoms with Crippen LogP contribution in [0.1, 0.15) is 12.0 Å². The van der Waals surface area contributed by atoms with Crippen molar-refractivity contribution in [1.82, 2.24) is 0 Å². The molecule has 0 aliphatic heterocycles. The molecule has 1 aromatic carbocycles. The highest BCUT2D eigenvalue weighted by molar-refractivity contribution is 7.78. The molecule has 0 fully saturated rings. The van der Waals surface area contributed by atoms with Crippen LogP contribution in [0.4, 0.5) is 5.69 Å². The Morgan fingerprint density at radius 3 is 3.00 bits per heavy atom. The number of carbonyl (C=O) groups is 1. The lowest BCUT2D eigenvalue weighted by atomic mass is 10.2. The van der Waals surface area contributed by atoms with E-state index in [2.05, 4.69) is 34.2 Å². The number of hydrogen-bond donors (Lipinski definition) is 1. The number of rotatable bonds is 2. The number of nitrogens with zero attached hydrogens (tertiary/aromatic N) is 1. The summed E-state index contributed by atoms with van der Waals surface area (Å²) in [5.74, 6) is 5.03. The Bertz CT molecular complexity index is 479. The van der Waals surface area contributed by atoms with Gasteiger partial charge in [-0.2, -0.15) is 4.99 Å². The molecule has 0 atom stereocenters. The molecule has 0 saturated carbocycles. The van der Waals surface area contributed by atoms with Crippen LogP contribution in [0.5, 0.6) is 0 Å². The number of thiocarbonyl (C=S) groups is 1. The first-order chi connectivity index (χ1) is 7.22. The van der Waals surface area contributed by atoms with Crippen molar-refractivity contribution in [3.8, 4) is 11.8 Å². The van der Waals surface area contributed by atoms with Gasteiger partial charge in [-0.05, 0) is 30.4 Å². The second kappa shape index (κ2) is 5.71. The largest absolute Gasteiger partial charge is 0.369 e. The van der Waals surface area contributed by atoms with Crippen LogP contribution in [0.15, 0.2) is 29.3 Å². The minimum atomic E-state index is -0.435. The standard InChI is InChI=1S/C11H8N2OS/c12-11(14)6-2-4-9-3-1-5-10(7-9)13-8-15/h1,3,5,7H,6H2,(H2,12,14). The highest BCUT2D eigenvalue weighted by Gasteiger charge is 1.90. The van der Waals surface area contributed by atoms with Crippen LogP contribution in [0.3, 0.4) is 0 Å². The molecular formula is C11H8N2OS. The molecule has 0 saturated heterocycles. The van der Waals surface area contributed by atoms with Crippen LogP contribution in [0, 0.1) is 11.8 Å². The van der Waals surface area contributed by atoms with Crippen molar-refractivity contribution in [3.63, 3.8) is 0 Å². The third-order valence-electron chi connectivity index (χ3n) is 1.52. The van der Waals surface area contributed by atoms with Crippen molar-refractivity contribution in [1.29, 1.82) is 0 Å². The van der Waals surface area contributed by atoms with E-state index in [1.807, 2.05) is 6.07 Å². The zero-order valence-corrected chi connectivity index (χ0v) is 8.67. The molecule has 0 bridgehead atoms. The summed E-state index contributed by atoms with van der Waals surface area (Å²) in [5, 5.41) is 2.27. The summed E-state index contributed by atoms with van der Waals surface area (Å²) in [6.07, 6.45) is 0.0562. The zero-order chi connectivity index (χ0) is 11.1. The highest BCUT2D eigenvalue weighted by atomic mass is 32.1. The number of primary amides is 1. The molecule has 0 unspecified atom stereocenters. The summed E-state index contributed by atoms with van der Waals surface area (Å²) >= 11 is 4.49. The van der Waals surface area contributed by atoms with Gasteiger partial charge in [-0.3, -0.25) is 4.79 Å². The van der Waals surface area contributed by atoms with Crippen molar-refractivity contribution in [2.24, 2.45) is 10.7 Å². The number of nitrogens with two attached hydrogens (primary N) is 1. The first-order valence-corrected chi connectivity index (χ1v) is 4.58. The molecule has 0 heterocycles. The van der Waals surface area contributed by atoms with E-state index in [4.69, 9.17) is 5.73 Å². The number of isothiocyanates is 1. The molecule has 2 N–H and O–H groups in total. The fourth-order valence-corrected chi connectivity index (χ4v) is 1.04. The van der Waals surface area contributed by atoms with Crippen LogP contribution in [0.2, 0.25) is 0 Å². The highest BCUT2D eigenvalue weighted by Crippen LogP contribution is 2.12. The van der Waals surface area contributed by atoms with Gasteiger partial charge in [0.1, 0.15) is 0 Å². The van der Waals surface area contributed by atoms with Crippen molar-refractivity contribution in [2.75, 3.05) is 0 Å². The van der Waals surface area contributed by atoms with Gasteiger partial charge in [0.05, 0.1) is 17.3 Å². The number of carbonyl (C=O) groups excluding carboxylic acids is 1. The molecule has 1 rings (SSSR count). The normalized spacial score (nSPS) is 8.27. The Kier molecular flexibility index (Phi) is 4.24. The Labute approximate surface area is 93.0 Å². The maximum absolute atomic E-state index is 10.4. The molecule has 3 nitrogen and oxygen atoms in total. The van der Waals surface area contributed by atoms with Gasteiger partial charge in [0.15, 0.2) is 0 Å². The first kappa shape index (κ1) is 11.1. The molecule has 74 valence electrons. The van der Waals surface area contributed by atoms with E-state index in [-0.39, 0.29) is 6.42 Å². The van der Waals surface area contributed by atoms with E-state index in [9.17, 15) is 4.79 Å². The van der Waals surface area contributed by atoms with E-state index >= 15 is 0 Å². The molecule has 4 heteroatoms. The quantitative estimate of drug-likeness (QED) is 0.464. The summed E-state index contributed by atoms with van der Waals surface area (Å²) in [6.45, 7) is 0. The number of benzene rings is 1. The molecule has 1 aromatic rings. The lowest BCUT2D eigenvalue weighted by Crippen LogP contribution is -2.08. The van der Waals surface area contributed by atoms with E-state index in [1.165, 1.54) is 0 Å². The average Bonchev–Trinajstić information content (AvgIpc) is 2.18. The first-order valence-electron chi connectivity index (χ1n) is 4.17. The summed E-state index contributed by atoms with van der Waals surface area (Å²) in [4.78, 5) is 14.3. The van der Waals surface area contributed by atoms with Crippen LogP contribution < -0.4 is 5.73 Å². The summed E-state index contributed by atoms with van der Waals surface area (Å²) in [5.41, 5.74) is 6.41. The third kappa shape index (κ3) is 4.19. The van der Waals surface area contributed by atoms with Crippen molar-refractivity contribution < 1.29 is 4.79 Å². The minimum absolute atomic E-state index is 0.0562. The summed E-state index contributed by atoms with van der Waals surface area (Å²) in [6, 6.07) is 7.17. The van der Waals surface area contributed by atoms with Gasteiger partial charge in [0.25, 0.3) is 0 Å². The minimum Gasteiger partial charge on any atom is -0.369 e. The average molecular weight is 216 g/mol. The van der Waals surface area contributed by atoms with Gasteiger partial charge in [-0.1, -0.05) is 17.9 Å². The lowest BCUT2D eigenvalue weighted by molar-refractivity contribution is -0.117. The Hall–Kier alpha value is -1.95. The third-order valence-corrected chi connectivity index (χ3v) is 1.61. The Morgan fingerprint density at radius 1 is 1.53 bits per heavy atom. The molecular weight excluding hydrogens is 208 g/mol. The van der Waals surface area contributed by atoms with E-state index < -0.39 is 5.91 Å². The molecule has 1 amide bonds. The molecule has 0 aromatic heterocycles. The van der Waals surface area contributed by atoms with Crippen LogP contribution in [-0.2, 0) is 4.79 Å². The number of hydrogen-bond acceptors (Lipinski definition) is 3. The molecule has 15 heavy (non-hydrogen) atoms. The van der Waals surface area contributed by atoms with E-state index in [1.54, 1.807) is 18.2 Å². The summed E-state index contributed by atoms with van der Waals surface area (Å²) in [7, 11) is 0. The Balaban J connectivity index is 2.84. The Morgan fingerprint density at radius 2 is 2.33 bits per heavy atom. The lowest BCUT2D eigenvalue weighted by Gasteiger charge is -1.91. The van der Waals surface area contributed by atoms with Crippen molar-refractivity contribution in [3.05, 3.63) is 29.8 Å². The van der Waals surface area contributed by atoms with Crippen LogP contribution >= 0.6 is 12.2 Å². The molecule has 0 radical (unpaired) electrons. The van der Waals surface area contributed by atoms with Gasteiger partial charge in [0.2, 0.25) is 5.91 Å². The zero-order valence-electron chi connectivity index (χ0n) is 7.86. The van der Waals surface area contributed by atoms with Gasteiger partial charge in [0, 0.05) is 5.56 Å². The van der Waals surface area contributed by atoms with E-state index in [0.717, 1.165) is 5.56 Å². The molecule has 0 spiro atoms. The van der Waals surface area contributed by atoms with Crippen molar-refractivity contribution in [2.45, 2.75) is 6.42 Å². The number of amides is 1. The van der Waals surface area contributed by atoms with Crippen LogP contribution in [-0.4, -0.2) is 11.1 Å². The second-order valence-corrected chi connectivity index (χ2v) is 2.88. The predicted octanol–water partition coefficient (Wildman–Crippen LogP) is 1.65. The number of aliphatic imine (C=N–C) groups is 1. The van der Waals surface area contributed by atoms with Crippen molar-refractivity contribution >= 4 is 29.0 Å². The van der Waals surface area contributed by atoms with Crippen LogP contribution in [0.25, 0.3) is 0 Å². The van der Waals surface area contributed by atoms with Gasteiger partial charge >= 0.3 is 0 Å². The second-order valence-electron chi connectivity index (χ2n) is 2.70. The maximum Gasteiger partial charge on any atom is 0.229 e. The predicted molar refractivity (Wildman–Crippen MR) is 61.8 cm³/mol. The summed E-state index contributed by atoms with van der Waals surface area (Å²) < 4.78 is 0. The fraction of sp³-hybridized carbons (Fsp3) is 0.0909. The smallest absolute Gasteiger partial charge is 0.229 e. The molecule has 0 aliphatic rings. The van der Waals surface area contributed by atoms with E-state index in [0.29, 0.717) is 5.69 Å². The monoisotopic (exact) mass is 216 g/mol. The molecule has 0 aliphatic carbocycles. The fourth-order valence-electron chi connectivity index (χ4n) is 0.939. The maximum atomic E-state index is 10.4. The van der Waals surface area contributed by atoms with Gasteiger partial charge in [-0.25, -0.2) is 0 Å². The topological polar surface area (TPSA) is 55.5 Å².